The molecular weight excluding hydrogens is 412 g/mol. The second-order valence-electron chi connectivity index (χ2n) is 5.93. The van der Waals surface area contributed by atoms with E-state index in [4.69, 9.17) is 0 Å². The zero-order chi connectivity index (χ0) is 20.0. The van der Waals surface area contributed by atoms with Gasteiger partial charge in [-0.1, -0.05) is 13.0 Å². The number of hydrogen-bond acceptors (Lipinski definition) is 4. The molecule has 0 radical (unpaired) electrons. The zero-order valence-corrected chi connectivity index (χ0v) is 17.0. The predicted octanol–water partition coefficient (Wildman–Crippen LogP) is 2.92. The highest BCUT2D eigenvalue weighted by molar-refractivity contribution is 7.92. The van der Waals surface area contributed by atoms with E-state index in [9.17, 15) is 22.0 Å². The van der Waals surface area contributed by atoms with E-state index in [1.165, 1.54) is 18.2 Å². The van der Waals surface area contributed by atoms with Crippen molar-refractivity contribution in [1.82, 2.24) is 10.6 Å². The second-order valence-corrected chi connectivity index (χ2v) is 7.61. The molecule has 28 heavy (non-hydrogen) atoms. The molecule has 0 aliphatic heterocycles. The van der Waals surface area contributed by atoms with E-state index in [0.717, 1.165) is 18.7 Å². The fourth-order valence-corrected chi connectivity index (χ4v) is 3.41. The van der Waals surface area contributed by atoms with Crippen LogP contribution in [0.4, 0.5) is 14.5 Å². The zero-order valence-electron chi connectivity index (χ0n) is 15.3. The maximum absolute atomic E-state index is 13.3. The van der Waals surface area contributed by atoms with Gasteiger partial charge in [-0.05, 0) is 49.9 Å². The molecule has 2 aromatic rings. The first kappa shape index (κ1) is 23.8. The maximum Gasteiger partial charge on any atom is 0.261 e. The first-order valence-corrected chi connectivity index (χ1v) is 9.80. The van der Waals surface area contributed by atoms with Gasteiger partial charge in [0.05, 0.1) is 4.90 Å². The van der Waals surface area contributed by atoms with Crippen LogP contribution in [-0.4, -0.2) is 33.5 Å². The van der Waals surface area contributed by atoms with Gasteiger partial charge >= 0.3 is 0 Å². The molecular formula is C18H22ClF2N3O3S. The van der Waals surface area contributed by atoms with Crippen molar-refractivity contribution in [3.8, 4) is 0 Å². The molecule has 0 saturated carbocycles. The molecule has 0 heterocycles. The normalized spacial score (nSPS) is 12.0. The van der Waals surface area contributed by atoms with Crippen LogP contribution in [0.1, 0.15) is 24.2 Å². The summed E-state index contributed by atoms with van der Waals surface area (Å²) in [4.78, 5) is 11.8. The van der Waals surface area contributed by atoms with Crippen LogP contribution in [0.2, 0.25) is 0 Å². The third-order valence-corrected chi connectivity index (χ3v) is 5.08. The van der Waals surface area contributed by atoms with Gasteiger partial charge < -0.3 is 10.6 Å². The lowest BCUT2D eigenvalue weighted by Crippen LogP contribution is -2.38. The molecule has 3 N–H and O–H groups in total. The molecule has 0 spiro atoms. The standard InChI is InChI=1S/C18H21F2N3O3S.ClH/c1-3-21-12(2)11-22-18(24)13-5-4-6-14(9-13)23-27(25,26)15-7-8-16(19)17(20)10-15;/h4-10,12,21,23H,3,11H2,1-2H3,(H,22,24);1H/t12-;/m1./s1. The van der Waals surface area contributed by atoms with Gasteiger partial charge in [0.15, 0.2) is 11.6 Å². The third-order valence-electron chi connectivity index (χ3n) is 3.70. The SMILES string of the molecule is CCN[C@H](C)CNC(=O)c1cccc(NS(=O)(=O)c2ccc(F)c(F)c2)c1.Cl. The molecule has 6 nitrogen and oxygen atoms in total. The van der Waals surface area contributed by atoms with Crippen LogP contribution in [0.25, 0.3) is 0 Å². The second kappa shape index (κ2) is 10.4. The van der Waals surface area contributed by atoms with E-state index in [-0.39, 0.29) is 35.6 Å². The lowest BCUT2D eigenvalue weighted by atomic mass is 10.2. The fraction of sp³-hybridized carbons (Fsp3) is 0.278. The first-order chi connectivity index (χ1) is 12.7. The van der Waals surface area contributed by atoms with Crippen LogP contribution in [0, 0.1) is 11.6 Å². The Bertz CT molecular complexity index is 926. The molecule has 0 unspecified atom stereocenters. The molecule has 0 aliphatic rings. The van der Waals surface area contributed by atoms with Crippen molar-refractivity contribution in [2.24, 2.45) is 0 Å². The first-order valence-electron chi connectivity index (χ1n) is 8.32. The van der Waals surface area contributed by atoms with Gasteiger partial charge in [0.1, 0.15) is 0 Å². The van der Waals surface area contributed by atoms with Crippen molar-refractivity contribution in [3.05, 3.63) is 59.7 Å². The summed E-state index contributed by atoms with van der Waals surface area (Å²) < 4.78 is 53.2. The lowest BCUT2D eigenvalue weighted by Gasteiger charge is -2.14. The van der Waals surface area contributed by atoms with Crippen molar-refractivity contribution in [2.75, 3.05) is 17.8 Å². The van der Waals surface area contributed by atoms with Gasteiger partial charge in [-0.2, -0.15) is 0 Å². The summed E-state index contributed by atoms with van der Waals surface area (Å²) in [6, 6.07) is 8.26. The van der Waals surface area contributed by atoms with Crippen LogP contribution in [-0.2, 0) is 10.0 Å². The fourth-order valence-electron chi connectivity index (χ4n) is 2.35. The predicted molar refractivity (Wildman–Crippen MR) is 106 cm³/mol. The van der Waals surface area contributed by atoms with Crippen LogP contribution >= 0.6 is 12.4 Å². The largest absolute Gasteiger partial charge is 0.350 e. The molecule has 154 valence electrons. The minimum Gasteiger partial charge on any atom is -0.350 e. The Labute approximate surface area is 169 Å². The Hall–Kier alpha value is -2.23. The molecule has 1 amide bonds. The summed E-state index contributed by atoms with van der Waals surface area (Å²) in [6.45, 7) is 5.08. The van der Waals surface area contributed by atoms with Crippen LogP contribution < -0.4 is 15.4 Å². The Morgan fingerprint density at radius 2 is 1.82 bits per heavy atom. The average Bonchev–Trinajstić information content (AvgIpc) is 2.62. The highest BCUT2D eigenvalue weighted by Crippen LogP contribution is 2.19. The number of sulfonamides is 1. The monoisotopic (exact) mass is 433 g/mol. The van der Waals surface area contributed by atoms with E-state index < -0.39 is 26.6 Å². The topological polar surface area (TPSA) is 87.3 Å². The quantitative estimate of drug-likeness (QED) is 0.597. The number of rotatable bonds is 8. The van der Waals surface area contributed by atoms with Crippen molar-refractivity contribution < 1.29 is 22.0 Å². The van der Waals surface area contributed by atoms with Crippen molar-refractivity contribution in [2.45, 2.75) is 24.8 Å². The number of carbonyl (C=O) groups is 1. The maximum atomic E-state index is 13.3. The molecule has 0 aliphatic carbocycles. The number of amides is 1. The van der Waals surface area contributed by atoms with E-state index >= 15 is 0 Å². The molecule has 0 bridgehead atoms. The summed E-state index contributed by atoms with van der Waals surface area (Å²) in [6.07, 6.45) is 0. The minimum atomic E-state index is -4.13. The molecule has 0 aromatic heterocycles. The highest BCUT2D eigenvalue weighted by atomic mass is 35.5. The van der Waals surface area contributed by atoms with Crippen molar-refractivity contribution >= 4 is 34.0 Å². The van der Waals surface area contributed by atoms with Crippen molar-refractivity contribution in [1.29, 1.82) is 0 Å². The average molecular weight is 434 g/mol. The summed E-state index contributed by atoms with van der Waals surface area (Å²) in [5.41, 5.74) is 0.399. The number of benzene rings is 2. The highest BCUT2D eigenvalue weighted by Gasteiger charge is 2.17. The molecule has 0 fully saturated rings. The summed E-state index contributed by atoms with van der Waals surface area (Å²) >= 11 is 0. The molecule has 2 aromatic carbocycles. The van der Waals surface area contributed by atoms with Gasteiger partial charge in [-0.25, -0.2) is 17.2 Å². The van der Waals surface area contributed by atoms with Crippen LogP contribution in [0.15, 0.2) is 47.4 Å². The Morgan fingerprint density at radius 3 is 2.46 bits per heavy atom. The Kier molecular flexibility index (Phi) is 8.80. The number of hydrogen-bond donors (Lipinski definition) is 3. The number of nitrogens with one attached hydrogen (secondary N) is 3. The van der Waals surface area contributed by atoms with E-state index in [0.29, 0.717) is 12.6 Å². The molecule has 0 saturated heterocycles. The van der Waals surface area contributed by atoms with Crippen LogP contribution in [0.5, 0.6) is 0 Å². The summed E-state index contributed by atoms with van der Waals surface area (Å²) in [7, 11) is -4.13. The summed E-state index contributed by atoms with van der Waals surface area (Å²) in [5, 5.41) is 5.91. The van der Waals surface area contributed by atoms with Crippen molar-refractivity contribution in [3.63, 3.8) is 0 Å². The Balaban J connectivity index is 0.00000392. The molecule has 1 atom stereocenters. The van der Waals surface area contributed by atoms with E-state index in [2.05, 4.69) is 15.4 Å². The van der Waals surface area contributed by atoms with Gasteiger partial charge in [0, 0.05) is 23.8 Å². The number of anilines is 1. The number of halogens is 3. The molecule has 10 heteroatoms. The van der Waals surface area contributed by atoms with Gasteiger partial charge in [0.2, 0.25) is 0 Å². The third kappa shape index (κ3) is 6.43. The number of likely N-dealkylation sites (N-methyl/N-ethyl adjacent to an activating group) is 1. The Morgan fingerprint density at radius 1 is 1.11 bits per heavy atom. The lowest BCUT2D eigenvalue weighted by molar-refractivity contribution is 0.0950. The smallest absolute Gasteiger partial charge is 0.261 e. The van der Waals surface area contributed by atoms with E-state index in [1.807, 2.05) is 13.8 Å². The van der Waals surface area contributed by atoms with Gasteiger partial charge in [-0.3, -0.25) is 9.52 Å². The summed E-state index contributed by atoms with van der Waals surface area (Å²) in [5.74, 6) is -2.76. The van der Waals surface area contributed by atoms with Crippen LogP contribution in [0.3, 0.4) is 0 Å². The number of carbonyl (C=O) groups excluding carboxylic acids is 1. The van der Waals surface area contributed by atoms with E-state index in [1.54, 1.807) is 6.07 Å². The van der Waals surface area contributed by atoms with Gasteiger partial charge in [-0.15, -0.1) is 12.4 Å². The van der Waals surface area contributed by atoms with Gasteiger partial charge in [0.25, 0.3) is 15.9 Å². The molecule has 2 rings (SSSR count). The minimum absolute atomic E-state index is 0.